The standard InChI is InChI=1S/C8H17NO/c1-3-8(6-9-2)4-5-10-7-8/h9H,3-7H2,1-2H3. The van der Waals surface area contributed by atoms with E-state index in [1.165, 1.54) is 12.8 Å². The van der Waals surface area contributed by atoms with Gasteiger partial charge in [-0.3, -0.25) is 0 Å². The van der Waals surface area contributed by atoms with Gasteiger partial charge in [0, 0.05) is 18.6 Å². The fourth-order valence-electron chi connectivity index (χ4n) is 1.57. The van der Waals surface area contributed by atoms with Crippen LogP contribution in [0.3, 0.4) is 0 Å². The Morgan fingerprint density at radius 2 is 2.40 bits per heavy atom. The molecule has 1 rings (SSSR count). The summed E-state index contributed by atoms with van der Waals surface area (Å²) >= 11 is 0. The molecule has 1 aliphatic heterocycles. The van der Waals surface area contributed by atoms with E-state index >= 15 is 0 Å². The van der Waals surface area contributed by atoms with Gasteiger partial charge in [-0.2, -0.15) is 0 Å². The van der Waals surface area contributed by atoms with Gasteiger partial charge >= 0.3 is 0 Å². The van der Waals surface area contributed by atoms with Crippen molar-refractivity contribution in [2.24, 2.45) is 5.41 Å². The molecule has 0 aromatic rings. The zero-order valence-electron chi connectivity index (χ0n) is 6.94. The highest BCUT2D eigenvalue weighted by Crippen LogP contribution is 2.30. The van der Waals surface area contributed by atoms with E-state index in [0.29, 0.717) is 5.41 Å². The van der Waals surface area contributed by atoms with E-state index in [0.717, 1.165) is 19.8 Å². The van der Waals surface area contributed by atoms with Crippen LogP contribution >= 0.6 is 0 Å². The Morgan fingerprint density at radius 1 is 1.60 bits per heavy atom. The maximum atomic E-state index is 5.36. The van der Waals surface area contributed by atoms with E-state index in [1.807, 2.05) is 7.05 Å². The highest BCUT2D eigenvalue weighted by atomic mass is 16.5. The Morgan fingerprint density at radius 3 is 2.80 bits per heavy atom. The van der Waals surface area contributed by atoms with Crippen molar-refractivity contribution in [2.45, 2.75) is 19.8 Å². The van der Waals surface area contributed by atoms with E-state index in [2.05, 4.69) is 12.2 Å². The van der Waals surface area contributed by atoms with Crippen LogP contribution in [0.2, 0.25) is 0 Å². The summed E-state index contributed by atoms with van der Waals surface area (Å²) in [5, 5.41) is 3.22. The lowest BCUT2D eigenvalue weighted by molar-refractivity contribution is 0.148. The normalized spacial score (nSPS) is 33.0. The van der Waals surface area contributed by atoms with Gasteiger partial charge in [0.15, 0.2) is 0 Å². The van der Waals surface area contributed by atoms with Crippen LogP contribution in [0.1, 0.15) is 19.8 Å². The van der Waals surface area contributed by atoms with Gasteiger partial charge < -0.3 is 10.1 Å². The highest BCUT2D eigenvalue weighted by molar-refractivity contribution is 4.83. The maximum Gasteiger partial charge on any atom is 0.0535 e. The second-order valence-corrected chi connectivity index (χ2v) is 3.19. The smallest absolute Gasteiger partial charge is 0.0535 e. The van der Waals surface area contributed by atoms with Crippen molar-refractivity contribution >= 4 is 0 Å². The molecular weight excluding hydrogens is 126 g/mol. The first-order valence-corrected chi connectivity index (χ1v) is 4.05. The topological polar surface area (TPSA) is 21.3 Å². The molecule has 0 aromatic carbocycles. The Bertz CT molecular complexity index is 97.4. The van der Waals surface area contributed by atoms with E-state index in [1.54, 1.807) is 0 Å². The Balaban J connectivity index is 2.41. The van der Waals surface area contributed by atoms with Crippen molar-refractivity contribution in [1.29, 1.82) is 0 Å². The summed E-state index contributed by atoms with van der Waals surface area (Å²) in [6.45, 7) is 5.25. The summed E-state index contributed by atoms with van der Waals surface area (Å²) in [5.74, 6) is 0. The zero-order valence-corrected chi connectivity index (χ0v) is 6.94. The fraction of sp³-hybridized carbons (Fsp3) is 1.00. The van der Waals surface area contributed by atoms with Crippen LogP contribution in [0.15, 0.2) is 0 Å². The van der Waals surface area contributed by atoms with Crippen molar-refractivity contribution in [2.75, 3.05) is 26.8 Å². The molecule has 0 saturated carbocycles. The van der Waals surface area contributed by atoms with Gasteiger partial charge in [-0.05, 0) is 19.9 Å². The monoisotopic (exact) mass is 143 g/mol. The van der Waals surface area contributed by atoms with Crippen molar-refractivity contribution in [3.8, 4) is 0 Å². The second-order valence-electron chi connectivity index (χ2n) is 3.19. The fourth-order valence-corrected chi connectivity index (χ4v) is 1.57. The van der Waals surface area contributed by atoms with Gasteiger partial charge in [0.25, 0.3) is 0 Å². The summed E-state index contributed by atoms with van der Waals surface area (Å²) in [6, 6.07) is 0. The van der Waals surface area contributed by atoms with Crippen LogP contribution in [-0.4, -0.2) is 26.8 Å². The summed E-state index contributed by atoms with van der Waals surface area (Å²) in [4.78, 5) is 0. The molecule has 0 bridgehead atoms. The molecule has 1 unspecified atom stereocenters. The van der Waals surface area contributed by atoms with Gasteiger partial charge in [0.05, 0.1) is 6.61 Å². The van der Waals surface area contributed by atoms with Crippen molar-refractivity contribution in [3.05, 3.63) is 0 Å². The molecule has 1 heterocycles. The summed E-state index contributed by atoms with van der Waals surface area (Å²) < 4.78 is 5.36. The molecule has 1 saturated heterocycles. The number of ether oxygens (including phenoxy) is 1. The Hall–Kier alpha value is -0.0800. The molecule has 1 atom stereocenters. The molecule has 10 heavy (non-hydrogen) atoms. The van der Waals surface area contributed by atoms with Gasteiger partial charge in [-0.15, -0.1) is 0 Å². The maximum absolute atomic E-state index is 5.36. The minimum absolute atomic E-state index is 0.453. The van der Waals surface area contributed by atoms with Crippen molar-refractivity contribution < 1.29 is 4.74 Å². The van der Waals surface area contributed by atoms with Crippen molar-refractivity contribution in [3.63, 3.8) is 0 Å². The quantitative estimate of drug-likeness (QED) is 0.637. The second kappa shape index (κ2) is 3.35. The van der Waals surface area contributed by atoms with Crippen LogP contribution in [-0.2, 0) is 4.74 Å². The third kappa shape index (κ3) is 1.50. The predicted molar refractivity (Wildman–Crippen MR) is 42.1 cm³/mol. The summed E-state index contributed by atoms with van der Waals surface area (Å²) in [7, 11) is 2.01. The lowest BCUT2D eigenvalue weighted by atomic mass is 9.84. The lowest BCUT2D eigenvalue weighted by Crippen LogP contribution is -2.32. The first-order valence-electron chi connectivity index (χ1n) is 4.05. The largest absolute Gasteiger partial charge is 0.381 e. The molecule has 1 aliphatic rings. The first kappa shape index (κ1) is 8.02. The first-order chi connectivity index (χ1) is 4.83. The van der Waals surface area contributed by atoms with E-state index in [-0.39, 0.29) is 0 Å². The number of rotatable bonds is 3. The molecule has 0 aliphatic carbocycles. The minimum atomic E-state index is 0.453. The third-order valence-electron chi connectivity index (χ3n) is 2.49. The molecule has 0 spiro atoms. The summed E-state index contributed by atoms with van der Waals surface area (Å²) in [6.07, 6.45) is 2.46. The third-order valence-corrected chi connectivity index (χ3v) is 2.49. The lowest BCUT2D eigenvalue weighted by Gasteiger charge is -2.24. The average molecular weight is 143 g/mol. The van der Waals surface area contributed by atoms with E-state index in [9.17, 15) is 0 Å². The molecule has 1 N–H and O–H groups in total. The molecule has 2 heteroatoms. The molecule has 0 radical (unpaired) electrons. The Kier molecular flexibility index (Phi) is 2.69. The molecular formula is C8H17NO. The van der Waals surface area contributed by atoms with E-state index < -0.39 is 0 Å². The number of hydrogen-bond donors (Lipinski definition) is 1. The van der Waals surface area contributed by atoms with Crippen LogP contribution < -0.4 is 5.32 Å². The highest BCUT2D eigenvalue weighted by Gasteiger charge is 2.31. The van der Waals surface area contributed by atoms with Crippen LogP contribution in [0.4, 0.5) is 0 Å². The average Bonchev–Trinajstić information content (AvgIpc) is 2.39. The van der Waals surface area contributed by atoms with Crippen LogP contribution in [0.5, 0.6) is 0 Å². The molecule has 2 nitrogen and oxygen atoms in total. The molecule has 0 amide bonds. The molecule has 1 fully saturated rings. The van der Waals surface area contributed by atoms with Gasteiger partial charge in [0.1, 0.15) is 0 Å². The number of nitrogens with one attached hydrogen (secondary N) is 1. The van der Waals surface area contributed by atoms with Gasteiger partial charge in [-0.25, -0.2) is 0 Å². The summed E-state index contributed by atoms with van der Waals surface area (Å²) in [5.41, 5.74) is 0.453. The van der Waals surface area contributed by atoms with Gasteiger partial charge in [0.2, 0.25) is 0 Å². The van der Waals surface area contributed by atoms with E-state index in [4.69, 9.17) is 4.74 Å². The van der Waals surface area contributed by atoms with Crippen LogP contribution in [0.25, 0.3) is 0 Å². The van der Waals surface area contributed by atoms with Gasteiger partial charge in [-0.1, -0.05) is 6.92 Å². The van der Waals surface area contributed by atoms with Crippen molar-refractivity contribution in [1.82, 2.24) is 5.32 Å². The zero-order chi connectivity index (χ0) is 7.45. The Labute approximate surface area is 63.0 Å². The van der Waals surface area contributed by atoms with Crippen LogP contribution in [0, 0.1) is 5.41 Å². The predicted octanol–water partition coefficient (Wildman–Crippen LogP) is 1.02. The molecule has 0 aromatic heterocycles. The molecule has 60 valence electrons. The minimum Gasteiger partial charge on any atom is -0.381 e. The SMILES string of the molecule is CCC1(CNC)CCOC1. The number of hydrogen-bond acceptors (Lipinski definition) is 2.